The van der Waals surface area contributed by atoms with E-state index in [0.717, 1.165) is 70.7 Å². The number of ether oxygens (including phenoxy) is 2. The second kappa shape index (κ2) is 10.1. The molecule has 0 aromatic heterocycles. The molecule has 7 heteroatoms. The maximum absolute atomic E-state index is 6.02. The third-order valence-corrected chi connectivity index (χ3v) is 5.05. The van der Waals surface area contributed by atoms with E-state index in [4.69, 9.17) is 9.47 Å². The summed E-state index contributed by atoms with van der Waals surface area (Å²) in [6.45, 7) is 6.70. The summed E-state index contributed by atoms with van der Waals surface area (Å²) in [4.78, 5) is 9.12. The standard InChI is InChI=1S/C17H32N4O2.HI/c1-18-17(19-11-16-12-20(2)9-10-22-16)21-7-5-15(6-8-21)23-13-14-3-4-14;/h14-16H,3-13H2,1-2H3,(H,18,19);1H. The van der Waals surface area contributed by atoms with Crippen LogP contribution in [0.4, 0.5) is 0 Å². The SMILES string of the molecule is CN=C(NCC1CN(C)CCO1)N1CCC(OCC2CC2)CC1.I. The Morgan fingerprint density at radius 1 is 1.21 bits per heavy atom. The third kappa shape index (κ3) is 6.31. The molecule has 24 heavy (non-hydrogen) atoms. The van der Waals surface area contributed by atoms with Crippen molar-refractivity contribution in [2.75, 3.05) is 60.0 Å². The Morgan fingerprint density at radius 2 is 1.96 bits per heavy atom. The monoisotopic (exact) mass is 452 g/mol. The minimum atomic E-state index is 0. The maximum Gasteiger partial charge on any atom is 0.193 e. The van der Waals surface area contributed by atoms with Gasteiger partial charge < -0.3 is 24.6 Å². The van der Waals surface area contributed by atoms with Crippen molar-refractivity contribution in [3.8, 4) is 0 Å². The first-order valence-corrected chi connectivity index (χ1v) is 9.12. The summed E-state index contributed by atoms with van der Waals surface area (Å²) in [7, 11) is 4.02. The molecular weight excluding hydrogens is 419 g/mol. The van der Waals surface area contributed by atoms with E-state index in [9.17, 15) is 0 Å². The van der Waals surface area contributed by atoms with E-state index >= 15 is 0 Å². The number of hydrogen-bond acceptors (Lipinski definition) is 4. The molecule has 3 fully saturated rings. The lowest BCUT2D eigenvalue weighted by molar-refractivity contribution is -0.0167. The van der Waals surface area contributed by atoms with E-state index in [1.807, 2.05) is 7.05 Å². The quantitative estimate of drug-likeness (QED) is 0.389. The number of halogens is 1. The van der Waals surface area contributed by atoms with Gasteiger partial charge in [0.1, 0.15) is 0 Å². The molecule has 1 unspecified atom stereocenters. The highest BCUT2D eigenvalue weighted by Crippen LogP contribution is 2.30. The zero-order valence-corrected chi connectivity index (χ0v) is 17.4. The summed E-state index contributed by atoms with van der Waals surface area (Å²) in [5, 5.41) is 3.49. The Labute approximate surface area is 163 Å². The summed E-state index contributed by atoms with van der Waals surface area (Å²) < 4.78 is 11.8. The van der Waals surface area contributed by atoms with Crippen molar-refractivity contribution in [2.24, 2.45) is 10.9 Å². The topological polar surface area (TPSA) is 49.3 Å². The van der Waals surface area contributed by atoms with Crippen molar-refractivity contribution >= 4 is 29.9 Å². The summed E-state index contributed by atoms with van der Waals surface area (Å²) in [6.07, 6.45) is 5.65. The lowest BCUT2D eigenvalue weighted by Crippen LogP contribution is -2.51. The smallest absolute Gasteiger partial charge is 0.193 e. The molecule has 1 saturated carbocycles. The number of nitrogens with zero attached hydrogens (tertiary/aromatic N) is 3. The Morgan fingerprint density at radius 3 is 2.58 bits per heavy atom. The molecule has 0 aromatic rings. The molecular formula is C17H33IN4O2. The second-order valence-corrected chi connectivity index (χ2v) is 7.15. The fourth-order valence-corrected chi connectivity index (χ4v) is 3.32. The van der Waals surface area contributed by atoms with E-state index < -0.39 is 0 Å². The minimum absolute atomic E-state index is 0. The average molecular weight is 452 g/mol. The molecule has 1 N–H and O–H groups in total. The Bertz CT molecular complexity index is 398. The van der Waals surface area contributed by atoms with Gasteiger partial charge in [-0.05, 0) is 38.6 Å². The normalized spacial score (nSPS) is 27.0. The molecule has 6 nitrogen and oxygen atoms in total. The largest absolute Gasteiger partial charge is 0.378 e. The lowest BCUT2D eigenvalue weighted by atomic mass is 10.1. The highest BCUT2D eigenvalue weighted by molar-refractivity contribution is 14.0. The van der Waals surface area contributed by atoms with Crippen molar-refractivity contribution in [1.82, 2.24) is 15.1 Å². The molecule has 3 rings (SSSR count). The van der Waals surface area contributed by atoms with Crippen molar-refractivity contribution in [3.05, 3.63) is 0 Å². The van der Waals surface area contributed by atoms with Gasteiger partial charge in [-0.25, -0.2) is 0 Å². The number of hydrogen-bond donors (Lipinski definition) is 1. The van der Waals surface area contributed by atoms with Gasteiger partial charge in [0.15, 0.2) is 5.96 Å². The van der Waals surface area contributed by atoms with Crippen molar-refractivity contribution in [3.63, 3.8) is 0 Å². The first-order valence-electron chi connectivity index (χ1n) is 9.12. The number of morpholine rings is 1. The Balaban J connectivity index is 0.00000208. The van der Waals surface area contributed by atoms with Gasteiger partial charge in [-0.3, -0.25) is 4.99 Å². The zero-order chi connectivity index (χ0) is 16.1. The van der Waals surface area contributed by atoms with Crippen LogP contribution in [0.1, 0.15) is 25.7 Å². The Kier molecular flexibility index (Phi) is 8.53. The van der Waals surface area contributed by atoms with Crippen LogP contribution in [0.5, 0.6) is 0 Å². The highest BCUT2D eigenvalue weighted by Gasteiger charge is 2.26. The predicted octanol–water partition coefficient (Wildman–Crippen LogP) is 1.40. The van der Waals surface area contributed by atoms with E-state index in [2.05, 4.69) is 27.2 Å². The first-order chi connectivity index (χ1) is 11.2. The molecule has 0 bridgehead atoms. The summed E-state index contributed by atoms with van der Waals surface area (Å²) in [5.74, 6) is 1.86. The summed E-state index contributed by atoms with van der Waals surface area (Å²) >= 11 is 0. The fourth-order valence-electron chi connectivity index (χ4n) is 3.32. The number of rotatable bonds is 5. The number of guanidine groups is 1. The first kappa shape index (κ1) is 20.2. The second-order valence-electron chi connectivity index (χ2n) is 7.15. The van der Waals surface area contributed by atoms with E-state index in [1.54, 1.807) is 0 Å². The Hall–Kier alpha value is -0.120. The maximum atomic E-state index is 6.02. The van der Waals surface area contributed by atoms with Gasteiger partial charge in [-0.15, -0.1) is 24.0 Å². The molecule has 2 aliphatic heterocycles. The van der Waals surface area contributed by atoms with Crippen molar-refractivity contribution in [1.29, 1.82) is 0 Å². The molecule has 1 aliphatic carbocycles. The van der Waals surface area contributed by atoms with Crippen LogP contribution in [0.2, 0.25) is 0 Å². The summed E-state index contributed by atoms with van der Waals surface area (Å²) in [5.41, 5.74) is 0. The van der Waals surface area contributed by atoms with Crippen LogP contribution in [0, 0.1) is 5.92 Å². The molecule has 0 spiro atoms. The van der Waals surface area contributed by atoms with Gasteiger partial charge in [0, 0.05) is 46.4 Å². The lowest BCUT2D eigenvalue weighted by Gasteiger charge is -2.35. The van der Waals surface area contributed by atoms with Gasteiger partial charge in [0.25, 0.3) is 0 Å². The van der Waals surface area contributed by atoms with Crippen LogP contribution >= 0.6 is 24.0 Å². The van der Waals surface area contributed by atoms with Crippen molar-refractivity contribution in [2.45, 2.75) is 37.9 Å². The number of nitrogens with one attached hydrogen (secondary N) is 1. The van der Waals surface area contributed by atoms with Crippen LogP contribution < -0.4 is 5.32 Å². The van der Waals surface area contributed by atoms with Crippen LogP contribution in [0.15, 0.2) is 4.99 Å². The third-order valence-electron chi connectivity index (χ3n) is 5.05. The molecule has 2 heterocycles. The van der Waals surface area contributed by atoms with Crippen LogP contribution in [0.25, 0.3) is 0 Å². The van der Waals surface area contributed by atoms with Gasteiger partial charge in [0.05, 0.1) is 18.8 Å². The zero-order valence-electron chi connectivity index (χ0n) is 15.1. The molecule has 2 saturated heterocycles. The number of likely N-dealkylation sites (tertiary alicyclic amines) is 1. The van der Waals surface area contributed by atoms with Crippen LogP contribution in [0.3, 0.4) is 0 Å². The molecule has 0 aromatic carbocycles. The van der Waals surface area contributed by atoms with E-state index in [0.29, 0.717) is 6.10 Å². The highest BCUT2D eigenvalue weighted by atomic mass is 127. The van der Waals surface area contributed by atoms with Crippen LogP contribution in [-0.4, -0.2) is 88.0 Å². The molecule has 0 amide bonds. The number of piperidine rings is 1. The van der Waals surface area contributed by atoms with Gasteiger partial charge >= 0.3 is 0 Å². The van der Waals surface area contributed by atoms with Crippen molar-refractivity contribution < 1.29 is 9.47 Å². The van der Waals surface area contributed by atoms with Gasteiger partial charge in [0.2, 0.25) is 0 Å². The average Bonchev–Trinajstić information content (AvgIpc) is 3.39. The molecule has 1 atom stereocenters. The van der Waals surface area contributed by atoms with Crippen LogP contribution in [-0.2, 0) is 9.47 Å². The minimum Gasteiger partial charge on any atom is -0.378 e. The number of likely N-dealkylation sites (N-methyl/N-ethyl adjacent to an activating group) is 1. The molecule has 140 valence electrons. The van der Waals surface area contributed by atoms with Gasteiger partial charge in [-0.1, -0.05) is 0 Å². The molecule has 0 radical (unpaired) electrons. The van der Waals surface area contributed by atoms with E-state index in [1.165, 1.54) is 12.8 Å². The number of aliphatic imine (C=N–C) groups is 1. The van der Waals surface area contributed by atoms with Gasteiger partial charge in [-0.2, -0.15) is 0 Å². The molecule has 3 aliphatic rings. The summed E-state index contributed by atoms with van der Waals surface area (Å²) in [6, 6.07) is 0. The van der Waals surface area contributed by atoms with E-state index in [-0.39, 0.29) is 30.1 Å². The predicted molar refractivity (Wildman–Crippen MR) is 107 cm³/mol. The fraction of sp³-hybridized carbons (Fsp3) is 0.941.